The van der Waals surface area contributed by atoms with Crippen molar-refractivity contribution in [3.05, 3.63) is 64.2 Å². The number of amides is 1. The molecule has 0 aliphatic carbocycles. The molecule has 2 aromatic rings. The topological polar surface area (TPSA) is 29.1 Å². The molecule has 0 saturated carbocycles. The zero-order valence-electron chi connectivity index (χ0n) is 11.9. The number of carbonyl (C=O) groups is 1. The highest BCUT2D eigenvalue weighted by Crippen LogP contribution is 2.27. The normalized spacial score (nSPS) is 10.7. The summed E-state index contributed by atoms with van der Waals surface area (Å²) in [5.74, 6) is 0.244. The molecule has 0 radical (unpaired) electrons. The van der Waals surface area contributed by atoms with Crippen molar-refractivity contribution in [2.45, 2.75) is 26.7 Å². The summed E-state index contributed by atoms with van der Waals surface area (Å²) in [6.07, 6.45) is 0. The molecule has 0 heterocycles. The van der Waals surface area contributed by atoms with Gasteiger partial charge in [0.1, 0.15) is 0 Å². The minimum absolute atomic E-state index is 0.113. The molecule has 0 bridgehead atoms. The summed E-state index contributed by atoms with van der Waals surface area (Å²) < 4.78 is 0. The molecule has 20 heavy (non-hydrogen) atoms. The van der Waals surface area contributed by atoms with Gasteiger partial charge in [-0.1, -0.05) is 43.6 Å². The summed E-state index contributed by atoms with van der Waals surface area (Å²) in [7, 11) is 0. The number of halogens is 1. The first-order chi connectivity index (χ1) is 9.49. The lowest BCUT2D eigenvalue weighted by atomic mass is 9.98. The summed E-state index contributed by atoms with van der Waals surface area (Å²) in [4.78, 5) is 12.3. The van der Waals surface area contributed by atoms with Crippen LogP contribution in [0.15, 0.2) is 42.5 Å². The van der Waals surface area contributed by atoms with E-state index in [2.05, 4.69) is 25.2 Å². The van der Waals surface area contributed by atoms with Crippen LogP contribution in [-0.4, -0.2) is 5.91 Å². The molecule has 0 saturated heterocycles. The Morgan fingerprint density at radius 3 is 2.35 bits per heavy atom. The Labute approximate surface area is 124 Å². The van der Waals surface area contributed by atoms with Crippen LogP contribution in [0.2, 0.25) is 5.02 Å². The second-order valence-electron chi connectivity index (χ2n) is 5.15. The van der Waals surface area contributed by atoms with E-state index >= 15 is 0 Å². The highest BCUT2D eigenvalue weighted by Gasteiger charge is 2.13. The van der Waals surface area contributed by atoms with Gasteiger partial charge in [0.25, 0.3) is 5.91 Å². The van der Waals surface area contributed by atoms with Crippen LogP contribution in [0.25, 0.3) is 0 Å². The lowest BCUT2D eigenvalue weighted by molar-refractivity contribution is 0.102. The maximum Gasteiger partial charge on any atom is 0.255 e. The molecule has 0 unspecified atom stereocenters. The number of hydrogen-bond donors (Lipinski definition) is 1. The number of carbonyl (C=O) groups excluding carboxylic acids is 1. The Morgan fingerprint density at radius 1 is 1.10 bits per heavy atom. The van der Waals surface area contributed by atoms with E-state index in [1.807, 2.05) is 19.1 Å². The molecule has 0 aliphatic heterocycles. The third-order valence-corrected chi connectivity index (χ3v) is 3.52. The van der Waals surface area contributed by atoms with Crippen LogP contribution in [0.1, 0.15) is 41.3 Å². The molecule has 0 atom stereocenters. The molecular weight excluding hydrogens is 270 g/mol. The molecular formula is C17H18ClNO. The second kappa shape index (κ2) is 6.10. The molecule has 3 heteroatoms. The first-order valence-electron chi connectivity index (χ1n) is 6.65. The van der Waals surface area contributed by atoms with E-state index in [1.54, 1.807) is 24.3 Å². The van der Waals surface area contributed by atoms with Gasteiger partial charge >= 0.3 is 0 Å². The number of nitrogens with one attached hydrogen (secondary N) is 1. The van der Waals surface area contributed by atoms with E-state index in [-0.39, 0.29) is 5.91 Å². The summed E-state index contributed by atoms with van der Waals surface area (Å²) in [6, 6.07) is 13.0. The van der Waals surface area contributed by atoms with Crippen LogP contribution in [0.4, 0.5) is 5.69 Å². The highest BCUT2D eigenvalue weighted by molar-refractivity contribution is 6.30. The highest BCUT2D eigenvalue weighted by atomic mass is 35.5. The lowest BCUT2D eigenvalue weighted by Crippen LogP contribution is -2.14. The van der Waals surface area contributed by atoms with Gasteiger partial charge in [-0.15, -0.1) is 0 Å². The number of anilines is 1. The predicted molar refractivity (Wildman–Crippen MR) is 84.7 cm³/mol. The predicted octanol–water partition coefficient (Wildman–Crippen LogP) is 5.02. The standard InChI is InChI=1S/C17H18ClNO/c1-11(2)15-6-4-5-12(3)16(15)19-17(20)13-7-9-14(18)10-8-13/h4-11H,1-3H3,(H,19,20). The SMILES string of the molecule is Cc1cccc(C(C)C)c1NC(=O)c1ccc(Cl)cc1. The van der Waals surface area contributed by atoms with Gasteiger partial charge in [-0.2, -0.15) is 0 Å². The van der Waals surface area contributed by atoms with Gasteiger partial charge in [-0.3, -0.25) is 4.79 Å². The number of aryl methyl sites for hydroxylation is 1. The third-order valence-electron chi connectivity index (χ3n) is 3.27. The minimum atomic E-state index is -0.113. The number of para-hydroxylation sites is 1. The largest absolute Gasteiger partial charge is 0.321 e. The molecule has 0 aromatic heterocycles. The maximum absolute atomic E-state index is 12.3. The molecule has 2 rings (SSSR count). The van der Waals surface area contributed by atoms with E-state index in [0.717, 1.165) is 16.8 Å². The first kappa shape index (κ1) is 14.6. The fraction of sp³-hybridized carbons (Fsp3) is 0.235. The zero-order valence-corrected chi connectivity index (χ0v) is 12.7. The molecule has 104 valence electrons. The Bertz CT molecular complexity index is 617. The van der Waals surface area contributed by atoms with Crippen LogP contribution in [0.5, 0.6) is 0 Å². The van der Waals surface area contributed by atoms with Crippen molar-refractivity contribution >= 4 is 23.2 Å². The van der Waals surface area contributed by atoms with Crippen LogP contribution in [0, 0.1) is 6.92 Å². The summed E-state index contributed by atoms with van der Waals surface area (Å²) in [5.41, 5.74) is 3.72. The monoisotopic (exact) mass is 287 g/mol. The van der Waals surface area contributed by atoms with Gasteiger partial charge in [-0.25, -0.2) is 0 Å². The smallest absolute Gasteiger partial charge is 0.255 e. The van der Waals surface area contributed by atoms with Crippen molar-refractivity contribution in [3.63, 3.8) is 0 Å². The minimum Gasteiger partial charge on any atom is -0.321 e. The quantitative estimate of drug-likeness (QED) is 0.843. The molecule has 0 spiro atoms. The Morgan fingerprint density at radius 2 is 1.75 bits per heavy atom. The number of hydrogen-bond acceptors (Lipinski definition) is 1. The van der Waals surface area contributed by atoms with E-state index in [9.17, 15) is 4.79 Å². The van der Waals surface area contributed by atoms with E-state index in [0.29, 0.717) is 16.5 Å². The van der Waals surface area contributed by atoms with Gasteiger partial charge in [-0.05, 0) is 48.2 Å². The fourth-order valence-corrected chi connectivity index (χ4v) is 2.26. The van der Waals surface area contributed by atoms with Gasteiger partial charge in [0.05, 0.1) is 0 Å². The van der Waals surface area contributed by atoms with E-state index in [1.165, 1.54) is 0 Å². The Kier molecular flexibility index (Phi) is 4.46. The molecule has 0 fully saturated rings. The second-order valence-corrected chi connectivity index (χ2v) is 5.59. The van der Waals surface area contributed by atoms with Gasteiger partial charge in [0, 0.05) is 16.3 Å². The van der Waals surface area contributed by atoms with Crippen LogP contribution >= 0.6 is 11.6 Å². The van der Waals surface area contributed by atoms with E-state index in [4.69, 9.17) is 11.6 Å². The third kappa shape index (κ3) is 3.20. The molecule has 1 N–H and O–H groups in total. The number of benzene rings is 2. The summed E-state index contributed by atoms with van der Waals surface area (Å²) in [5, 5.41) is 3.64. The fourth-order valence-electron chi connectivity index (χ4n) is 2.13. The molecule has 2 aromatic carbocycles. The summed E-state index contributed by atoms with van der Waals surface area (Å²) in [6.45, 7) is 6.24. The average molecular weight is 288 g/mol. The summed E-state index contributed by atoms with van der Waals surface area (Å²) >= 11 is 5.84. The number of rotatable bonds is 3. The van der Waals surface area contributed by atoms with Crippen molar-refractivity contribution < 1.29 is 4.79 Å². The molecule has 1 amide bonds. The van der Waals surface area contributed by atoms with Crippen molar-refractivity contribution in [2.24, 2.45) is 0 Å². The lowest BCUT2D eigenvalue weighted by Gasteiger charge is -2.16. The maximum atomic E-state index is 12.3. The van der Waals surface area contributed by atoms with Crippen LogP contribution < -0.4 is 5.32 Å². The van der Waals surface area contributed by atoms with Gasteiger partial charge in [0.2, 0.25) is 0 Å². The Balaban J connectivity index is 2.30. The Hall–Kier alpha value is -1.80. The molecule has 0 aliphatic rings. The van der Waals surface area contributed by atoms with Crippen molar-refractivity contribution in [1.82, 2.24) is 0 Å². The zero-order chi connectivity index (χ0) is 14.7. The van der Waals surface area contributed by atoms with Crippen LogP contribution in [-0.2, 0) is 0 Å². The van der Waals surface area contributed by atoms with Crippen molar-refractivity contribution in [3.8, 4) is 0 Å². The molecule has 2 nitrogen and oxygen atoms in total. The average Bonchev–Trinajstić information content (AvgIpc) is 2.41. The van der Waals surface area contributed by atoms with Gasteiger partial charge < -0.3 is 5.32 Å². The van der Waals surface area contributed by atoms with Crippen molar-refractivity contribution in [2.75, 3.05) is 5.32 Å². The van der Waals surface area contributed by atoms with Crippen LogP contribution in [0.3, 0.4) is 0 Å². The first-order valence-corrected chi connectivity index (χ1v) is 7.03. The van der Waals surface area contributed by atoms with E-state index < -0.39 is 0 Å². The van der Waals surface area contributed by atoms with Gasteiger partial charge in [0.15, 0.2) is 0 Å². The van der Waals surface area contributed by atoms with Crippen molar-refractivity contribution in [1.29, 1.82) is 0 Å².